The lowest BCUT2D eigenvalue weighted by Gasteiger charge is -2.18. The Kier molecular flexibility index (Phi) is 4.66. The molecule has 1 N–H and O–H groups in total. The summed E-state index contributed by atoms with van der Waals surface area (Å²) in [4.78, 5) is 12.1. The van der Waals surface area contributed by atoms with Gasteiger partial charge in [-0.1, -0.05) is 12.1 Å². The van der Waals surface area contributed by atoms with Gasteiger partial charge in [0.2, 0.25) is 0 Å². The Morgan fingerprint density at radius 2 is 1.96 bits per heavy atom. The highest BCUT2D eigenvalue weighted by Gasteiger charge is 2.12. The predicted octanol–water partition coefficient (Wildman–Crippen LogP) is 2.44. The smallest absolute Gasteiger partial charge is 0.251 e. The SMILES string of the molecule is COc1cccc(C(=O)NCCc2ccc3c(c2)OCCO3)c1. The van der Waals surface area contributed by atoms with Crippen molar-refractivity contribution in [2.75, 3.05) is 26.9 Å². The van der Waals surface area contributed by atoms with Crippen LogP contribution in [0.3, 0.4) is 0 Å². The minimum absolute atomic E-state index is 0.110. The van der Waals surface area contributed by atoms with Gasteiger partial charge in [-0.25, -0.2) is 0 Å². The molecule has 0 atom stereocenters. The van der Waals surface area contributed by atoms with Crippen LogP contribution in [-0.4, -0.2) is 32.8 Å². The molecule has 0 aromatic heterocycles. The first-order chi connectivity index (χ1) is 11.3. The normalized spacial score (nSPS) is 12.6. The average molecular weight is 313 g/mol. The quantitative estimate of drug-likeness (QED) is 0.921. The molecule has 2 aromatic carbocycles. The van der Waals surface area contributed by atoms with E-state index in [-0.39, 0.29) is 5.91 Å². The van der Waals surface area contributed by atoms with Crippen molar-refractivity contribution >= 4 is 5.91 Å². The van der Waals surface area contributed by atoms with Gasteiger partial charge in [0.05, 0.1) is 7.11 Å². The van der Waals surface area contributed by atoms with Gasteiger partial charge in [-0.05, 0) is 42.3 Å². The molecule has 0 spiro atoms. The third kappa shape index (κ3) is 3.74. The Labute approximate surface area is 135 Å². The fourth-order valence-electron chi connectivity index (χ4n) is 2.43. The number of nitrogens with one attached hydrogen (secondary N) is 1. The van der Waals surface area contributed by atoms with Crippen LogP contribution in [0.15, 0.2) is 42.5 Å². The van der Waals surface area contributed by atoms with E-state index in [4.69, 9.17) is 14.2 Å². The van der Waals surface area contributed by atoms with Crippen molar-refractivity contribution in [3.63, 3.8) is 0 Å². The fourth-order valence-corrected chi connectivity index (χ4v) is 2.43. The Morgan fingerprint density at radius 1 is 1.13 bits per heavy atom. The van der Waals surface area contributed by atoms with Crippen LogP contribution in [0.2, 0.25) is 0 Å². The van der Waals surface area contributed by atoms with Crippen molar-refractivity contribution in [3.8, 4) is 17.2 Å². The Bertz CT molecular complexity index is 699. The van der Waals surface area contributed by atoms with E-state index >= 15 is 0 Å². The zero-order valence-corrected chi connectivity index (χ0v) is 13.0. The zero-order valence-electron chi connectivity index (χ0n) is 13.0. The molecular formula is C18H19NO4. The summed E-state index contributed by atoms with van der Waals surface area (Å²) < 4.78 is 16.2. The van der Waals surface area contributed by atoms with Gasteiger partial charge in [-0.2, -0.15) is 0 Å². The first-order valence-corrected chi connectivity index (χ1v) is 7.57. The molecule has 1 aliphatic heterocycles. The van der Waals surface area contributed by atoms with Crippen molar-refractivity contribution in [2.45, 2.75) is 6.42 Å². The number of fused-ring (bicyclic) bond motifs is 1. The van der Waals surface area contributed by atoms with Crippen LogP contribution in [0.5, 0.6) is 17.2 Å². The molecule has 1 heterocycles. The monoisotopic (exact) mass is 313 g/mol. The second-order valence-electron chi connectivity index (χ2n) is 5.22. The number of methoxy groups -OCH3 is 1. The second kappa shape index (κ2) is 7.05. The number of ether oxygens (including phenoxy) is 3. The van der Waals surface area contributed by atoms with E-state index in [2.05, 4.69) is 5.32 Å². The first kappa shape index (κ1) is 15.2. The summed E-state index contributed by atoms with van der Waals surface area (Å²) in [6.07, 6.45) is 0.729. The number of rotatable bonds is 5. The number of hydrogen-bond acceptors (Lipinski definition) is 4. The molecule has 23 heavy (non-hydrogen) atoms. The number of carbonyl (C=O) groups excluding carboxylic acids is 1. The van der Waals surface area contributed by atoms with Crippen LogP contribution in [0.1, 0.15) is 15.9 Å². The van der Waals surface area contributed by atoms with Gasteiger partial charge in [0.15, 0.2) is 11.5 Å². The molecule has 0 bridgehead atoms. The highest BCUT2D eigenvalue weighted by atomic mass is 16.6. The lowest BCUT2D eigenvalue weighted by Crippen LogP contribution is -2.25. The number of carbonyl (C=O) groups is 1. The Morgan fingerprint density at radius 3 is 2.78 bits per heavy atom. The van der Waals surface area contributed by atoms with E-state index in [1.807, 2.05) is 24.3 Å². The van der Waals surface area contributed by atoms with Crippen LogP contribution in [0, 0.1) is 0 Å². The third-order valence-electron chi connectivity index (χ3n) is 3.64. The molecule has 3 rings (SSSR count). The maximum absolute atomic E-state index is 12.1. The van der Waals surface area contributed by atoms with Crippen molar-refractivity contribution < 1.29 is 19.0 Å². The summed E-state index contributed by atoms with van der Waals surface area (Å²) in [7, 11) is 1.58. The fraction of sp³-hybridized carbons (Fsp3) is 0.278. The molecule has 5 nitrogen and oxygen atoms in total. The molecule has 5 heteroatoms. The van der Waals surface area contributed by atoms with Crippen LogP contribution in [0.25, 0.3) is 0 Å². The molecule has 1 aliphatic rings. The number of benzene rings is 2. The molecule has 0 saturated heterocycles. The second-order valence-corrected chi connectivity index (χ2v) is 5.22. The van der Waals surface area contributed by atoms with E-state index < -0.39 is 0 Å². The molecular weight excluding hydrogens is 294 g/mol. The predicted molar refractivity (Wildman–Crippen MR) is 86.5 cm³/mol. The molecule has 1 amide bonds. The Balaban J connectivity index is 1.55. The van der Waals surface area contributed by atoms with Crippen molar-refractivity contribution in [1.82, 2.24) is 5.32 Å². The van der Waals surface area contributed by atoms with Gasteiger partial charge >= 0.3 is 0 Å². The minimum atomic E-state index is -0.110. The van der Waals surface area contributed by atoms with E-state index in [1.54, 1.807) is 25.3 Å². The number of hydrogen-bond donors (Lipinski definition) is 1. The molecule has 0 aliphatic carbocycles. The molecule has 0 fully saturated rings. The van der Waals surface area contributed by atoms with Gasteiger partial charge in [-0.3, -0.25) is 4.79 Å². The van der Waals surface area contributed by atoms with Crippen molar-refractivity contribution in [2.24, 2.45) is 0 Å². The maximum atomic E-state index is 12.1. The third-order valence-corrected chi connectivity index (χ3v) is 3.64. The van der Waals surface area contributed by atoms with Crippen LogP contribution < -0.4 is 19.5 Å². The maximum Gasteiger partial charge on any atom is 0.251 e. The van der Waals surface area contributed by atoms with Gasteiger partial charge < -0.3 is 19.5 Å². The van der Waals surface area contributed by atoms with Gasteiger partial charge in [-0.15, -0.1) is 0 Å². The average Bonchev–Trinajstić information content (AvgIpc) is 2.61. The summed E-state index contributed by atoms with van der Waals surface area (Å²) in [6, 6.07) is 13.0. The standard InChI is InChI=1S/C18H19NO4/c1-21-15-4-2-3-14(12-15)18(20)19-8-7-13-5-6-16-17(11-13)23-10-9-22-16/h2-6,11-12H,7-10H2,1H3,(H,19,20). The highest BCUT2D eigenvalue weighted by Crippen LogP contribution is 2.30. The number of amides is 1. The van der Waals surface area contributed by atoms with E-state index in [1.165, 1.54) is 0 Å². The summed E-state index contributed by atoms with van der Waals surface area (Å²) >= 11 is 0. The summed E-state index contributed by atoms with van der Waals surface area (Å²) in [6.45, 7) is 1.71. The molecule has 0 radical (unpaired) electrons. The van der Waals surface area contributed by atoms with Crippen LogP contribution in [-0.2, 0) is 6.42 Å². The van der Waals surface area contributed by atoms with Crippen LogP contribution >= 0.6 is 0 Å². The van der Waals surface area contributed by atoms with E-state index in [0.717, 1.165) is 23.5 Å². The summed E-state index contributed by atoms with van der Waals surface area (Å²) in [5.41, 5.74) is 1.69. The van der Waals surface area contributed by atoms with Crippen molar-refractivity contribution in [1.29, 1.82) is 0 Å². The lowest BCUT2D eigenvalue weighted by molar-refractivity contribution is 0.0954. The molecule has 0 saturated carbocycles. The van der Waals surface area contributed by atoms with E-state index in [9.17, 15) is 4.79 Å². The lowest BCUT2D eigenvalue weighted by atomic mass is 10.1. The van der Waals surface area contributed by atoms with Gasteiger partial charge in [0, 0.05) is 12.1 Å². The highest BCUT2D eigenvalue weighted by molar-refractivity contribution is 5.94. The first-order valence-electron chi connectivity index (χ1n) is 7.57. The minimum Gasteiger partial charge on any atom is -0.497 e. The van der Waals surface area contributed by atoms with Crippen molar-refractivity contribution in [3.05, 3.63) is 53.6 Å². The summed E-state index contributed by atoms with van der Waals surface area (Å²) in [5, 5.41) is 2.91. The largest absolute Gasteiger partial charge is 0.497 e. The molecule has 2 aromatic rings. The Hall–Kier alpha value is -2.69. The zero-order chi connectivity index (χ0) is 16.1. The molecule has 0 unspecified atom stereocenters. The van der Waals surface area contributed by atoms with Gasteiger partial charge in [0.1, 0.15) is 19.0 Å². The molecule has 120 valence electrons. The van der Waals surface area contributed by atoms with Crippen LogP contribution in [0.4, 0.5) is 0 Å². The topological polar surface area (TPSA) is 56.8 Å². The van der Waals surface area contributed by atoms with Gasteiger partial charge in [0.25, 0.3) is 5.91 Å². The summed E-state index contributed by atoms with van der Waals surface area (Å²) in [5.74, 6) is 2.11. The van der Waals surface area contributed by atoms with E-state index in [0.29, 0.717) is 31.1 Å².